The van der Waals surface area contributed by atoms with Crippen molar-refractivity contribution in [2.75, 3.05) is 17.6 Å². The molecule has 1 atom stereocenters. The third-order valence-electron chi connectivity index (χ3n) is 3.76. The number of amides is 1. The largest absolute Gasteiger partial charge is 0.346 e. The molecule has 0 radical (unpaired) electrons. The van der Waals surface area contributed by atoms with Gasteiger partial charge < -0.3 is 5.32 Å². The van der Waals surface area contributed by atoms with E-state index < -0.39 is 15.9 Å². The van der Waals surface area contributed by atoms with Crippen LogP contribution in [0.25, 0.3) is 0 Å². The zero-order valence-electron chi connectivity index (χ0n) is 14.0. The summed E-state index contributed by atoms with van der Waals surface area (Å²) in [6, 6.07) is 9.86. The zero-order chi connectivity index (χ0) is 18.8. The molecule has 0 aliphatic heterocycles. The maximum atomic E-state index is 13.0. The van der Waals surface area contributed by atoms with Crippen LogP contribution >= 0.6 is 11.6 Å². The summed E-state index contributed by atoms with van der Waals surface area (Å²) in [5, 5.41) is 3.00. The number of hydrogen-bond donors (Lipinski definition) is 1. The minimum absolute atomic E-state index is 0.214. The third-order valence-corrected chi connectivity index (χ3v) is 5.27. The Morgan fingerprint density at radius 2 is 1.80 bits per heavy atom. The molecule has 2 rings (SSSR count). The summed E-state index contributed by atoms with van der Waals surface area (Å²) in [4.78, 5) is 12.4. The topological polar surface area (TPSA) is 66.5 Å². The van der Waals surface area contributed by atoms with E-state index in [0.29, 0.717) is 0 Å². The van der Waals surface area contributed by atoms with Gasteiger partial charge in [0.2, 0.25) is 10.0 Å². The van der Waals surface area contributed by atoms with E-state index in [1.807, 2.05) is 0 Å². The van der Waals surface area contributed by atoms with Crippen molar-refractivity contribution in [2.45, 2.75) is 13.0 Å². The number of hydrogen-bond acceptors (Lipinski definition) is 3. The van der Waals surface area contributed by atoms with Crippen molar-refractivity contribution in [3.63, 3.8) is 0 Å². The van der Waals surface area contributed by atoms with Crippen molar-refractivity contribution < 1.29 is 17.6 Å². The van der Waals surface area contributed by atoms with E-state index in [4.69, 9.17) is 11.6 Å². The second kappa shape index (κ2) is 7.41. The van der Waals surface area contributed by atoms with Gasteiger partial charge in [-0.2, -0.15) is 0 Å². The summed E-state index contributed by atoms with van der Waals surface area (Å²) < 4.78 is 37.4. The molecule has 1 amide bonds. The molecular weight excluding hydrogens is 367 g/mol. The van der Waals surface area contributed by atoms with E-state index in [0.717, 1.165) is 16.1 Å². The Kier molecular flexibility index (Phi) is 5.69. The van der Waals surface area contributed by atoms with Crippen LogP contribution in [0.4, 0.5) is 10.1 Å². The highest BCUT2D eigenvalue weighted by Crippen LogP contribution is 2.28. The molecule has 1 N–H and O–H groups in total. The summed E-state index contributed by atoms with van der Waals surface area (Å²) in [6.45, 7) is 1.77. The lowest BCUT2D eigenvalue weighted by molar-refractivity contribution is 0.0940. The van der Waals surface area contributed by atoms with Gasteiger partial charge >= 0.3 is 0 Å². The maximum Gasteiger partial charge on any atom is 0.251 e. The molecule has 0 saturated heterocycles. The molecule has 0 saturated carbocycles. The van der Waals surface area contributed by atoms with Crippen molar-refractivity contribution in [3.05, 3.63) is 64.4 Å². The molecule has 5 nitrogen and oxygen atoms in total. The Morgan fingerprint density at radius 1 is 1.20 bits per heavy atom. The fourth-order valence-electron chi connectivity index (χ4n) is 2.19. The Bertz CT molecular complexity index is 885. The predicted octanol–water partition coefficient (Wildman–Crippen LogP) is 3.37. The number of sulfonamides is 1. The molecule has 1 unspecified atom stereocenters. The molecule has 0 aliphatic rings. The molecule has 0 aromatic heterocycles. The van der Waals surface area contributed by atoms with Crippen molar-refractivity contribution in [2.24, 2.45) is 0 Å². The number of halogens is 2. The van der Waals surface area contributed by atoms with Crippen LogP contribution in [-0.2, 0) is 10.0 Å². The molecule has 0 bridgehead atoms. The van der Waals surface area contributed by atoms with Crippen LogP contribution in [0.5, 0.6) is 0 Å². The standard InChI is InChI=1S/C17H18ClFN2O3S/c1-11(12-4-7-14(19)8-5-12)20-17(22)13-6-9-15(18)16(10-13)21(2)25(3,23)24/h4-11H,1-3H3,(H,20,22). The lowest BCUT2D eigenvalue weighted by atomic mass is 10.1. The lowest BCUT2D eigenvalue weighted by Crippen LogP contribution is -2.28. The van der Waals surface area contributed by atoms with E-state index in [-0.39, 0.29) is 28.1 Å². The molecule has 0 heterocycles. The fraction of sp³-hybridized carbons (Fsp3) is 0.235. The minimum atomic E-state index is -3.51. The van der Waals surface area contributed by atoms with E-state index in [1.54, 1.807) is 19.1 Å². The van der Waals surface area contributed by atoms with Crippen molar-refractivity contribution in [3.8, 4) is 0 Å². The van der Waals surface area contributed by atoms with Crippen LogP contribution in [0.2, 0.25) is 5.02 Å². The maximum absolute atomic E-state index is 13.0. The monoisotopic (exact) mass is 384 g/mol. The summed E-state index contributed by atoms with van der Waals surface area (Å²) >= 11 is 6.04. The van der Waals surface area contributed by atoms with Crippen LogP contribution in [-0.4, -0.2) is 27.6 Å². The quantitative estimate of drug-likeness (QED) is 0.859. The Morgan fingerprint density at radius 3 is 2.36 bits per heavy atom. The third kappa shape index (κ3) is 4.70. The second-order valence-electron chi connectivity index (χ2n) is 5.64. The molecule has 25 heavy (non-hydrogen) atoms. The molecule has 134 valence electrons. The SMILES string of the molecule is CC(NC(=O)c1ccc(Cl)c(N(C)S(C)(=O)=O)c1)c1ccc(F)cc1. The molecule has 0 fully saturated rings. The number of anilines is 1. The number of nitrogens with zero attached hydrogens (tertiary/aromatic N) is 1. The summed E-state index contributed by atoms with van der Waals surface area (Å²) in [7, 11) is -2.15. The highest BCUT2D eigenvalue weighted by atomic mass is 35.5. The van der Waals surface area contributed by atoms with E-state index in [1.165, 1.54) is 37.4 Å². The van der Waals surface area contributed by atoms with Gasteiger partial charge in [-0.3, -0.25) is 9.10 Å². The van der Waals surface area contributed by atoms with E-state index in [9.17, 15) is 17.6 Å². The number of benzene rings is 2. The molecule has 2 aromatic rings. The highest BCUT2D eigenvalue weighted by Gasteiger charge is 2.18. The van der Waals surface area contributed by atoms with Crippen molar-refractivity contribution in [1.29, 1.82) is 0 Å². The van der Waals surface area contributed by atoms with Gasteiger partial charge in [-0.15, -0.1) is 0 Å². The van der Waals surface area contributed by atoms with Crippen molar-refractivity contribution >= 4 is 33.2 Å². The van der Waals surface area contributed by atoms with Crippen LogP contribution in [0.3, 0.4) is 0 Å². The van der Waals surface area contributed by atoms with Gasteiger partial charge in [0.15, 0.2) is 0 Å². The fourth-order valence-corrected chi connectivity index (χ4v) is 2.99. The summed E-state index contributed by atoms with van der Waals surface area (Å²) in [5.74, 6) is -0.745. The first-order chi connectivity index (χ1) is 11.6. The zero-order valence-corrected chi connectivity index (χ0v) is 15.5. The van der Waals surface area contributed by atoms with Crippen molar-refractivity contribution in [1.82, 2.24) is 5.32 Å². The molecule has 2 aromatic carbocycles. The lowest BCUT2D eigenvalue weighted by Gasteiger charge is -2.19. The van der Waals surface area contributed by atoms with Crippen LogP contribution in [0.1, 0.15) is 28.9 Å². The molecule has 0 aliphatic carbocycles. The second-order valence-corrected chi connectivity index (χ2v) is 8.06. The summed E-state index contributed by atoms with van der Waals surface area (Å²) in [6.07, 6.45) is 1.05. The Labute approximate surface area is 151 Å². The van der Waals surface area contributed by atoms with Gasteiger partial charge in [0.1, 0.15) is 5.82 Å². The normalized spacial score (nSPS) is 12.5. The highest BCUT2D eigenvalue weighted by molar-refractivity contribution is 7.92. The van der Waals surface area contributed by atoms with Gasteiger partial charge in [0.05, 0.1) is 23.0 Å². The first-order valence-electron chi connectivity index (χ1n) is 7.39. The van der Waals surface area contributed by atoms with Gasteiger partial charge in [0.25, 0.3) is 5.91 Å². The van der Waals surface area contributed by atoms with Gasteiger partial charge in [-0.05, 0) is 42.8 Å². The number of carbonyl (C=O) groups is 1. The van der Waals surface area contributed by atoms with Crippen LogP contribution in [0, 0.1) is 5.82 Å². The first-order valence-corrected chi connectivity index (χ1v) is 9.62. The Balaban J connectivity index is 2.23. The Hall–Kier alpha value is -2.12. The molecular formula is C17H18ClFN2O3S. The summed E-state index contributed by atoms with van der Waals surface area (Å²) in [5.41, 5.74) is 1.23. The van der Waals surface area contributed by atoms with Gasteiger partial charge in [-0.1, -0.05) is 23.7 Å². The van der Waals surface area contributed by atoms with Gasteiger partial charge in [0, 0.05) is 12.6 Å². The van der Waals surface area contributed by atoms with E-state index >= 15 is 0 Å². The van der Waals surface area contributed by atoms with E-state index in [2.05, 4.69) is 5.32 Å². The average molecular weight is 385 g/mol. The van der Waals surface area contributed by atoms with Crippen LogP contribution < -0.4 is 9.62 Å². The predicted molar refractivity (Wildman–Crippen MR) is 97.0 cm³/mol. The number of carbonyl (C=O) groups excluding carboxylic acids is 1. The van der Waals surface area contributed by atoms with Gasteiger partial charge in [-0.25, -0.2) is 12.8 Å². The molecule has 8 heteroatoms. The van der Waals surface area contributed by atoms with Crippen LogP contribution in [0.15, 0.2) is 42.5 Å². The number of rotatable bonds is 5. The minimum Gasteiger partial charge on any atom is -0.346 e. The number of nitrogens with one attached hydrogen (secondary N) is 1. The average Bonchev–Trinajstić information content (AvgIpc) is 2.54. The smallest absolute Gasteiger partial charge is 0.251 e. The first kappa shape index (κ1) is 19.2. The molecule has 0 spiro atoms.